The molecule has 2 aromatic heterocycles. The maximum absolute atomic E-state index is 12.8. The van der Waals surface area contributed by atoms with E-state index in [0.29, 0.717) is 23.3 Å². The van der Waals surface area contributed by atoms with Gasteiger partial charge in [0, 0.05) is 30.6 Å². The average molecular weight is 371 g/mol. The third-order valence-corrected chi connectivity index (χ3v) is 3.65. The minimum absolute atomic E-state index is 0.000394. The van der Waals surface area contributed by atoms with Gasteiger partial charge in [0.15, 0.2) is 0 Å². The van der Waals surface area contributed by atoms with E-state index in [1.54, 1.807) is 36.7 Å². The molecular formula is C20H19F2N3O2. The minimum Gasteiger partial charge on any atom is -0.491 e. The van der Waals surface area contributed by atoms with Crippen molar-refractivity contribution < 1.29 is 18.3 Å². The van der Waals surface area contributed by atoms with Crippen molar-refractivity contribution in [3.8, 4) is 22.8 Å². The SMILES string of the molecule is CC(C)Oc1cccc(-c2cc(Cc3cncnc3)cnc2OC(F)F)c1. The van der Waals surface area contributed by atoms with Crippen LogP contribution in [0.5, 0.6) is 11.6 Å². The molecule has 0 saturated carbocycles. The van der Waals surface area contributed by atoms with Crippen LogP contribution < -0.4 is 9.47 Å². The van der Waals surface area contributed by atoms with Crippen LogP contribution in [0.15, 0.2) is 55.2 Å². The molecule has 0 fully saturated rings. The van der Waals surface area contributed by atoms with E-state index in [-0.39, 0.29) is 12.0 Å². The zero-order valence-electron chi connectivity index (χ0n) is 15.0. The molecule has 0 spiro atoms. The first-order valence-electron chi connectivity index (χ1n) is 8.46. The lowest BCUT2D eigenvalue weighted by Crippen LogP contribution is -2.07. The first-order chi connectivity index (χ1) is 13.0. The molecule has 0 amide bonds. The molecule has 0 bridgehead atoms. The number of benzene rings is 1. The first-order valence-corrected chi connectivity index (χ1v) is 8.46. The largest absolute Gasteiger partial charge is 0.491 e. The zero-order chi connectivity index (χ0) is 19.2. The summed E-state index contributed by atoms with van der Waals surface area (Å²) in [5.74, 6) is 0.520. The Bertz CT molecular complexity index is 889. The quantitative estimate of drug-likeness (QED) is 0.611. The van der Waals surface area contributed by atoms with Crippen LogP contribution in [-0.2, 0) is 6.42 Å². The molecule has 1 aromatic carbocycles. The normalized spacial score (nSPS) is 11.0. The van der Waals surface area contributed by atoms with Crippen LogP contribution in [0.1, 0.15) is 25.0 Å². The van der Waals surface area contributed by atoms with E-state index in [1.807, 2.05) is 19.9 Å². The highest BCUT2D eigenvalue weighted by Crippen LogP contribution is 2.32. The number of pyridine rings is 1. The van der Waals surface area contributed by atoms with Crippen LogP contribution in [-0.4, -0.2) is 27.7 Å². The zero-order valence-corrected chi connectivity index (χ0v) is 15.0. The highest BCUT2D eigenvalue weighted by molar-refractivity contribution is 5.70. The van der Waals surface area contributed by atoms with Gasteiger partial charge < -0.3 is 9.47 Å². The molecule has 7 heteroatoms. The van der Waals surface area contributed by atoms with E-state index in [4.69, 9.17) is 4.74 Å². The summed E-state index contributed by atoms with van der Waals surface area (Å²) in [4.78, 5) is 12.1. The molecule has 3 rings (SSSR count). The highest BCUT2D eigenvalue weighted by Gasteiger charge is 2.15. The average Bonchev–Trinajstić information content (AvgIpc) is 2.63. The fourth-order valence-corrected chi connectivity index (χ4v) is 2.64. The molecule has 2 heterocycles. The van der Waals surface area contributed by atoms with Gasteiger partial charge in [-0.05, 0) is 48.7 Å². The van der Waals surface area contributed by atoms with E-state index >= 15 is 0 Å². The minimum atomic E-state index is -2.96. The summed E-state index contributed by atoms with van der Waals surface area (Å²) in [5, 5.41) is 0. The van der Waals surface area contributed by atoms with Gasteiger partial charge in [-0.15, -0.1) is 0 Å². The van der Waals surface area contributed by atoms with Crippen LogP contribution >= 0.6 is 0 Å². The summed E-state index contributed by atoms with van der Waals surface area (Å²) in [6, 6.07) is 8.99. The van der Waals surface area contributed by atoms with Crippen LogP contribution in [0.3, 0.4) is 0 Å². The molecule has 0 unspecified atom stereocenters. The van der Waals surface area contributed by atoms with Crippen molar-refractivity contribution in [1.29, 1.82) is 0 Å². The highest BCUT2D eigenvalue weighted by atomic mass is 19.3. The predicted molar refractivity (Wildman–Crippen MR) is 96.9 cm³/mol. The first kappa shape index (κ1) is 18.7. The maximum atomic E-state index is 12.8. The van der Waals surface area contributed by atoms with Gasteiger partial charge in [0.2, 0.25) is 5.88 Å². The summed E-state index contributed by atoms with van der Waals surface area (Å²) in [7, 11) is 0. The molecule has 27 heavy (non-hydrogen) atoms. The second kappa shape index (κ2) is 8.53. The van der Waals surface area contributed by atoms with Crippen molar-refractivity contribution in [1.82, 2.24) is 15.0 Å². The number of hydrogen-bond acceptors (Lipinski definition) is 5. The summed E-state index contributed by atoms with van der Waals surface area (Å²) >= 11 is 0. The Morgan fingerprint density at radius 1 is 0.963 bits per heavy atom. The van der Waals surface area contributed by atoms with Crippen molar-refractivity contribution in [2.75, 3.05) is 0 Å². The molecule has 0 atom stereocenters. The van der Waals surface area contributed by atoms with E-state index in [9.17, 15) is 8.78 Å². The third kappa shape index (κ3) is 5.20. The molecule has 0 aliphatic carbocycles. The number of nitrogens with zero attached hydrogens (tertiary/aromatic N) is 3. The smallest absolute Gasteiger partial charge is 0.388 e. The molecule has 0 saturated heterocycles. The van der Waals surface area contributed by atoms with Crippen molar-refractivity contribution in [3.63, 3.8) is 0 Å². The lowest BCUT2D eigenvalue weighted by Gasteiger charge is -2.14. The fraction of sp³-hybridized carbons (Fsp3) is 0.250. The van der Waals surface area contributed by atoms with Gasteiger partial charge in [0.05, 0.1) is 6.10 Å². The van der Waals surface area contributed by atoms with Crippen LogP contribution in [0, 0.1) is 0 Å². The molecule has 3 aromatic rings. The lowest BCUT2D eigenvalue weighted by molar-refractivity contribution is -0.0524. The van der Waals surface area contributed by atoms with Crippen LogP contribution in [0.2, 0.25) is 0 Å². The molecule has 0 radical (unpaired) electrons. The Labute approximate surface area is 156 Å². The van der Waals surface area contributed by atoms with Crippen LogP contribution in [0.4, 0.5) is 8.78 Å². The number of rotatable bonds is 7. The van der Waals surface area contributed by atoms with Crippen molar-refractivity contribution in [2.24, 2.45) is 0 Å². The summed E-state index contributed by atoms with van der Waals surface area (Å²) < 4.78 is 35.9. The van der Waals surface area contributed by atoms with E-state index in [0.717, 1.165) is 11.1 Å². The predicted octanol–water partition coefficient (Wildman–Crippen LogP) is 4.52. The number of hydrogen-bond donors (Lipinski definition) is 0. The van der Waals surface area contributed by atoms with E-state index < -0.39 is 6.61 Å². The molecule has 140 valence electrons. The van der Waals surface area contributed by atoms with Gasteiger partial charge in [-0.3, -0.25) is 0 Å². The molecule has 0 aliphatic heterocycles. The second-order valence-corrected chi connectivity index (χ2v) is 6.19. The molecular weight excluding hydrogens is 352 g/mol. The van der Waals surface area contributed by atoms with Gasteiger partial charge >= 0.3 is 6.61 Å². The Kier molecular flexibility index (Phi) is 5.90. The Hall–Kier alpha value is -3.09. The van der Waals surface area contributed by atoms with Crippen molar-refractivity contribution in [2.45, 2.75) is 33.0 Å². The van der Waals surface area contributed by atoms with Crippen LogP contribution in [0.25, 0.3) is 11.1 Å². The van der Waals surface area contributed by atoms with Crippen molar-refractivity contribution in [3.05, 3.63) is 66.4 Å². The number of halogens is 2. The Morgan fingerprint density at radius 3 is 2.44 bits per heavy atom. The van der Waals surface area contributed by atoms with Gasteiger partial charge in [-0.1, -0.05) is 12.1 Å². The lowest BCUT2D eigenvalue weighted by atomic mass is 10.0. The molecule has 0 aliphatic rings. The standard InChI is InChI=1S/C20H19F2N3O2/c1-13(2)26-17-5-3-4-16(8-17)18-7-14(6-15-9-23-12-24-10-15)11-25-19(18)27-20(21)22/h3-5,7-13,20H,6H2,1-2H3. The summed E-state index contributed by atoms with van der Waals surface area (Å²) in [6.45, 7) is 0.879. The van der Waals surface area contributed by atoms with Gasteiger partial charge in [0.1, 0.15) is 12.1 Å². The summed E-state index contributed by atoms with van der Waals surface area (Å²) in [6.07, 6.45) is 6.90. The number of aromatic nitrogens is 3. The van der Waals surface area contributed by atoms with Gasteiger partial charge in [0.25, 0.3) is 0 Å². The van der Waals surface area contributed by atoms with E-state index in [1.165, 1.54) is 12.5 Å². The Balaban J connectivity index is 1.98. The topological polar surface area (TPSA) is 57.1 Å². The third-order valence-electron chi connectivity index (χ3n) is 3.65. The molecule has 5 nitrogen and oxygen atoms in total. The van der Waals surface area contributed by atoms with Crippen molar-refractivity contribution >= 4 is 0 Å². The van der Waals surface area contributed by atoms with Gasteiger partial charge in [-0.25, -0.2) is 15.0 Å². The second-order valence-electron chi connectivity index (χ2n) is 6.19. The maximum Gasteiger partial charge on any atom is 0.388 e. The molecule has 0 N–H and O–H groups in total. The van der Waals surface area contributed by atoms with Gasteiger partial charge in [-0.2, -0.15) is 8.78 Å². The summed E-state index contributed by atoms with van der Waals surface area (Å²) in [5.41, 5.74) is 2.88. The number of ether oxygens (including phenoxy) is 2. The van der Waals surface area contributed by atoms with E-state index in [2.05, 4.69) is 19.7 Å². The fourth-order valence-electron chi connectivity index (χ4n) is 2.64. The number of alkyl halides is 2. The monoisotopic (exact) mass is 371 g/mol. The Morgan fingerprint density at radius 2 is 1.74 bits per heavy atom.